The summed E-state index contributed by atoms with van der Waals surface area (Å²) in [5.74, 6) is -0.0742. The van der Waals surface area contributed by atoms with Crippen molar-refractivity contribution in [3.8, 4) is 0 Å². The number of nitrogens with one attached hydrogen (secondary N) is 1. The van der Waals surface area contributed by atoms with Crippen LogP contribution in [0.15, 0.2) is 41.0 Å². The quantitative estimate of drug-likeness (QED) is 0.799. The van der Waals surface area contributed by atoms with Gasteiger partial charge in [-0.3, -0.25) is 9.59 Å². The van der Waals surface area contributed by atoms with Gasteiger partial charge in [-0.05, 0) is 25.8 Å². The molecule has 0 radical (unpaired) electrons. The molecule has 0 aliphatic rings. The first-order chi connectivity index (χ1) is 12.1. The number of likely N-dealkylation sites (N-methyl/N-ethyl adjacent to an activating group) is 1. The lowest BCUT2D eigenvalue weighted by molar-refractivity contribution is -0.133. The van der Waals surface area contributed by atoms with Crippen LogP contribution >= 0.6 is 0 Å². The third-order valence-electron chi connectivity index (χ3n) is 4.05. The van der Waals surface area contributed by atoms with E-state index in [2.05, 4.69) is 10.3 Å². The van der Waals surface area contributed by atoms with Gasteiger partial charge in [0, 0.05) is 13.1 Å². The lowest BCUT2D eigenvalue weighted by Crippen LogP contribution is -2.34. The molecule has 1 heterocycles. The van der Waals surface area contributed by atoms with Gasteiger partial charge in [0.15, 0.2) is 5.69 Å². The first-order valence-electron chi connectivity index (χ1n) is 8.66. The topological polar surface area (TPSA) is 75.4 Å². The van der Waals surface area contributed by atoms with E-state index in [1.165, 1.54) is 6.26 Å². The zero-order chi connectivity index (χ0) is 18.2. The largest absolute Gasteiger partial charge is 0.446 e. The summed E-state index contributed by atoms with van der Waals surface area (Å²) in [5.41, 5.74) is 1.24. The van der Waals surface area contributed by atoms with Crippen molar-refractivity contribution in [3.05, 3.63) is 53.7 Å². The fourth-order valence-corrected chi connectivity index (χ4v) is 2.71. The highest BCUT2D eigenvalue weighted by molar-refractivity contribution is 5.91. The number of carbonyl (C=O) groups is 2. The van der Waals surface area contributed by atoms with Crippen LogP contribution in [0.3, 0.4) is 0 Å². The molecular weight excluding hydrogens is 318 g/mol. The van der Waals surface area contributed by atoms with Crippen LogP contribution in [0.4, 0.5) is 0 Å². The van der Waals surface area contributed by atoms with Crippen LogP contribution in [-0.2, 0) is 11.3 Å². The summed E-state index contributed by atoms with van der Waals surface area (Å²) in [6, 6.07) is 9.76. The Morgan fingerprint density at radius 1 is 1.20 bits per heavy atom. The van der Waals surface area contributed by atoms with E-state index in [0.717, 1.165) is 12.0 Å². The van der Waals surface area contributed by atoms with Crippen LogP contribution in [0.25, 0.3) is 0 Å². The van der Waals surface area contributed by atoms with Gasteiger partial charge < -0.3 is 14.6 Å². The molecule has 25 heavy (non-hydrogen) atoms. The molecule has 6 nitrogen and oxygen atoms in total. The summed E-state index contributed by atoms with van der Waals surface area (Å²) in [6.45, 7) is 7.07. The Bertz CT molecular complexity index is 697. The van der Waals surface area contributed by atoms with Gasteiger partial charge in [0.25, 0.3) is 5.91 Å². The Morgan fingerprint density at radius 2 is 1.92 bits per heavy atom. The number of amides is 2. The molecule has 0 saturated carbocycles. The molecule has 0 spiro atoms. The van der Waals surface area contributed by atoms with Crippen molar-refractivity contribution < 1.29 is 14.0 Å². The number of aromatic nitrogens is 1. The number of hydrogen-bond acceptors (Lipinski definition) is 4. The minimum atomic E-state index is -0.275. The summed E-state index contributed by atoms with van der Waals surface area (Å²) in [5, 5.41) is 2.67. The number of oxazole rings is 1. The first kappa shape index (κ1) is 18.7. The van der Waals surface area contributed by atoms with Crippen molar-refractivity contribution in [1.82, 2.24) is 15.2 Å². The van der Waals surface area contributed by atoms with Crippen molar-refractivity contribution in [3.63, 3.8) is 0 Å². The average molecular weight is 343 g/mol. The highest BCUT2D eigenvalue weighted by atomic mass is 16.3. The normalized spacial score (nSPS) is 11.8. The minimum absolute atomic E-state index is 0.0361. The van der Waals surface area contributed by atoms with E-state index in [4.69, 9.17) is 4.42 Å². The third kappa shape index (κ3) is 4.68. The molecule has 1 N–H and O–H groups in total. The predicted octanol–water partition coefficient (Wildman–Crippen LogP) is 2.97. The summed E-state index contributed by atoms with van der Waals surface area (Å²) < 4.78 is 5.37. The number of benzene rings is 1. The number of rotatable bonds is 8. The van der Waals surface area contributed by atoms with E-state index in [1.54, 1.807) is 4.90 Å². The maximum atomic E-state index is 12.9. The van der Waals surface area contributed by atoms with Crippen LogP contribution in [0.1, 0.15) is 55.1 Å². The van der Waals surface area contributed by atoms with E-state index < -0.39 is 0 Å². The van der Waals surface area contributed by atoms with Crippen LogP contribution < -0.4 is 5.32 Å². The van der Waals surface area contributed by atoms with Crippen molar-refractivity contribution in [2.45, 2.75) is 39.7 Å². The van der Waals surface area contributed by atoms with E-state index in [9.17, 15) is 9.59 Å². The molecule has 1 aromatic carbocycles. The van der Waals surface area contributed by atoms with E-state index in [-0.39, 0.29) is 30.0 Å². The maximum absolute atomic E-state index is 12.9. The summed E-state index contributed by atoms with van der Waals surface area (Å²) in [4.78, 5) is 30.6. The van der Waals surface area contributed by atoms with Gasteiger partial charge in [0.2, 0.25) is 11.8 Å². The Kier molecular flexibility index (Phi) is 6.74. The molecule has 1 unspecified atom stereocenters. The van der Waals surface area contributed by atoms with Gasteiger partial charge in [0.1, 0.15) is 6.26 Å². The van der Waals surface area contributed by atoms with Gasteiger partial charge in [0.05, 0.1) is 12.5 Å². The Labute approximate surface area is 148 Å². The predicted molar refractivity (Wildman–Crippen MR) is 95.1 cm³/mol. The van der Waals surface area contributed by atoms with Gasteiger partial charge >= 0.3 is 0 Å². The second-order valence-corrected chi connectivity index (χ2v) is 5.71. The van der Waals surface area contributed by atoms with Crippen LogP contribution in [0.2, 0.25) is 0 Å². The highest BCUT2D eigenvalue weighted by Crippen LogP contribution is 2.23. The molecule has 1 aromatic heterocycles. The summed E-state index contributed by atoms with van der Waals surface area (Å²) in [7, 11) is 0. The van der Waals surface area contributed by atoms with Crippen molar-refractivity contribution >= 4 is 11.8 Å². The van der Waals surface area contributed by atoms with Crippen LogP contribution in [0.5, 0.6) is 0 Å². The summed E-state index contributed by atoms with van der Waals surface area (Å²) in [6.07, 6.45) is 2.04. The molecule has 0 aliphatic heterocycles. The molecule has 134 valence electrons. The smallest absolute Gasteiger partial charge is 0.273 e. The first-order valence-corrected chi connectivity index (χ1v) is 8.66. The molecule has 2 aromatic rings. The Morgan fingerprint density at radius 3 is 2.52 bits per heavy atom. The molecule has 0 saturated heterocycles. The van der Waals surface area contributed by atoms with E-state index in [0.29, 0.717) is 19.0 Å². The lowest BCUT2D eigenvalue weighted by atomic mass is 9.95. The molecule has 6 heteroatoms. The molecule has 2 rings (SSSR count). The van der Waals surface area contributed by atoms with E-state index >= 15 is 0 Å². The van der Waals surface area contributed by atoms with Gasteiger partial charge in [-0.15, -0.1) is 0 Å². The van der Waals surface area contributed by atoms with Crippen molar-refractivity contribution in [1.29, 1.82) is 0 Å². The van der Waals surface area contributed by atoms with Crippen LogP contribution in [-0.4, -0.2) is 34.8 Å². The lowest BCUT2D eigenvalue weighted by Gasteiger charge is -2.25. The monoisotopic (exact) mass is 343 g/mol. The zero-order valence-electron chi connectivity index (χ0n) is 15.0. The fourth-order valence-electron chi connectivity index (χ4n) is 2.71. The molecule has 0 aliphatic carbocycles. The van der Waals surface area contributed by atoms with Gasteiger partial charge in [-0.25, -0.2) is 4.98 Å². The molecule has 0 fully saturated rings. The van der Waals surface area contributed by atoms with Gasteiger partial charge in [-0.2, -0.15) is 0 Å². The molecule has 2 amide bonds. The number of nitrogens with zero attached hydrogens (tertiary/aromatic N) is 2. The second kappa shape index (κ2) is 9.01. The zero-order valence-corrected chi connectivity index (χ0v) is 15.0. The second-order valence-electron chi connectivity index (χ2n) is 5.71. The molecular formula is C19H25N3O3. The van der Waals surface area contributed by atoms with Gasteiger partial charge in [-0.1, -0.05) is 37.3 Å². The molecule has 1 atom stereocenters. The van der Waals surface area contributed by atoms with E-state index in [1.807, 2.05) is 51.1 Å². The SMILES string of the molecule is CCNC(=O)c1coc(CN(CC)C(=O)C(CC)c2ccccc2)n1. The standard InChI is InChI=1S/C19H25N3O3/c1-4-15(14-10-8-7-9-11-14)19(24)22(6-3)12-17-21-16(13-25-17)18(23)20-5-2/h7-11,13,15H,4-6,12H2,1-3H3,(H,20,23). The Balaban J connectivity index is 2.11. The number of hydrogen-bond donors (Lipinski definition) is 1. The Hall–Kier alpha value is -2.63. The maximum Gasteiger partial charge on any atom is 0.273 e. The van der Waals surface area contributed by atoms with Crippen LogP contribution in [0, 0.1) is 0 Å². The average Bonchev–Trinajstić information content (AvgIpc) is 3.10. The summed E-state index contributed by atoms with van der Waals surface area (Å²) >= 11 is 0. The minimum Gasteiger partial charge on any atom is -0.446 e. The highest BCUT2D eigenvalue weighted by Gasteiger charge is 2.25. The van der Waals surface area contributed by atoms with Crippen molar-refractivity contribution in [2.75, 3.05) is 13.1 Å². The number of carbonyl (C=O) groups excluding carboxylic acids is 2. The van der Waals surface area contributed by atoms with Crippen molar-refractivity contribution in [2.24, 2.45) is 0 Å². The molecule has 0 bridgehead atoms. The third-order valence-corrected chi connectivity index (χ3v) is 4.05. The fraction of sp³-hybridized carbons (Fsp3) is 0.421.